The van der Waals surface area contributed by atoms with E-state index < -0.39 is 10.8 Å². The largest absolute Gasteiger partial charge is 0.294 e. The summed E-state index contributed by atoms with van der Waals surface area (Å²) in [6.45, 7) is 5.76. The smallest absolute Gasteiger partial charge is 0.162 e. The zero-order valence-corrected chi connectivity index (χ0v) is 11.8. The number of benzene rings is 1. The van der Waals surface area contributed by atoms with Crippen molar-refractivity contribution in [3.8, 4) is 0 Å². The Morgan fingerprint density at radius 2 is 1.78 bits per heavy atom. The van der Waals surface area contributed by atoms with E-state index in [0.29, 0.717) is 24.2 Å². The molecule has 18 heavy (non-hydrogen) atoms. The van der Waals surface area contributed by atoms with Gasteiger partial charge in [-0.2, -0.15) is 0 Å². The molecule has 0 spiro atoms. The minimum Gasteiger partial charge on any atom is -0.294 e. The van der Waals surface area contributed by atoms with Crippen LogP contribution in [-0.4, -0.2) is 20.5 Å². The highest BCUT2D eigenvalue weighted by Gasteiger charge is 2.19. The molecule has 1 rings (SSSR count). The minimum atomic E-state index is -0.926. The van der Waals surface area contributed by atoms with Gasteiger partial charge in [-0.15, -0.1) is 0 Å². The van der Waals surface area contributed by atoms with E-state index in [2.05, 4.69) is 0 Å². The number of hydrogen-bond acceptors (Lipinski definition) is 2. The van der Waals surface area contributed by atoms with Gasteiger partial charge in [0.15, 0.2) is 5.78 Å². The number of carbonyl (C=O) groups is 1. The Labute approximate surface area is 110 Å². The number of carbonyl (C=O) groups excluding carboxylic acids is 1. The van der Waals surface area contributed by atoms with Crippen molar-refractivity contribution in [3.05, 3.63) is 35.6 Å². The Morgan fingerprint density at radius 3 is 2.28 bits per heavy atom. The first-order valence-corrected chi connectivity index (χ1v) is 7.30. The molecule has 4 heteroatoms. The van der Waals surface area contributed by atoms with Gasteiger partial charge in [0.1, 0.15) is 5.82 Å². The maximum atomic E-state index is 12.7. The molecule has 0 radical (unpaired) electrons. The van der Waals surface area contributed by atoms with Crippen LogP contribution in [0.1, 0.15) is 44.0 Å². The molecule has 0 bridgehead atoms. The first-order valence-electron chi connectivity index (χ1n) is 5.98. The number of hydrogen-bond donors (Lipinski definition) is 0. The van der Waals surface area contributed by atoms with Crippen molar-refractivity contribution < 1.29 is 13.4 Å². The standard InChI is InChI=1S/C14H19FO2S/c1-14(2,3)18(17)10-4-5-13(16)11-6-8-12(15)9-7-11/h6-9H,4-5,10H2,1-3H3. The molecule has 0 aliphatic rings. The van der Waals surface area contributed by atoms with E-state index >= 15 is 0 Å². The van der Waals surface area contributed by atoms with E-state index in [0.717, 1.165) is 0 Å². The molecule has 0 fully saturated rings. The van der Waals surface area contributed by atoms with Crippen LogP contribution in [-0.2, 0) is 10.8 Å². The van der Waals surface area contributed by atoms with Crippen molar-refractivity contribution in [3.63, 3.8) is 0 Å². The number of Topliss-reactive ketones (excluding diaryl/α,β-unsaturated/α-hetero) is 1. The van der Waals surface area contributed by atoms with Gasteiger partial charge in [-0.3, -0.25) is 9.00 Å². The molecule has 0 aliphatic heterocycles. The van der Waals surface area contributed by atoms with Gasteiger partial charge in [0.2, 0.25) is 0 Å². The molecule has 0 amide bonds. The Kier molecular flexibility index (Phi) is 5.20. The van der Waals surface area contributed by atoms with E-state index in [-0.39, 0.29) is 16.3 Å². The van der Waals surface area contributed by atoms with Crippen LogP contribution in [0.25, 0.3) is 0 Å². The van der Waals surface area contributed by atoms with Crippen molar-refractivity contribution >= 4 is 16.6 Å². The Morgan fingerprint density at radius 1 is 1.22 bits per heavy atom. The van der Waals surface area contributed by atoms with Crippen LogP contribution in [0.3, 0.4) is 0 Å². The van der Waals surface area contributed by atoms with Crippen molar-refractivity contribution in [2.24, 2.45) is 0 Å². The molecule has 0 heterocycles. The monoisotopic (exact) mass is 270 g/mol. The minimum absolute atomic E-state index is 0.0269. The average molecular weight is 270 g/mol. The Bertz CT molecular complexity index is 432. The van der Waals surface area contributed by atoms with Gasteiger partial charge < -0.3 is 0 Å². The van der Waals surface area contributed by atoms with Gasteiger partial charge in [0, 0.05) is 33.3 Å². The second-order valence-electron chi connectivity index (χ2n) is 5.20. The lowest BCUT2D eigenvalue weighted by Gasteiger charge is -2.17. The molecular weight excluding hydrogens is 251 g/mol. The number of halogens is 1. The Balaban J connectivity index is 2.43. The maximum absolute atomic E-state index is 12.7. The van der Waals surface area contributed by atoms with E-state index in [1.165, 1.54) is 24.3 Å². The van der Waals surface area contributed by atoms with Crippen LogP contribution in [0.15, 0.2) is 24.3 Å². The van der Waals surface area contributed by atoms with Gasteiger partial charge in [-0.25, -0.2) is 4.39 Å². The molecule has 0 aromatic heterocycles. The third-order valence-electron chi connectivity index (χ3n) is 2.58. The predicted octanol–water partition coefficient (Wildman–Crippen LogP) is 3.34. The second-order valence-corrected chi connectivity index (χ2v) is 7.52. The third-order valence-corrected chi connectivity index (χ3v) is 4.61. The first-order chi connectivity index (χ1) is 8.30. The summed E-state index contributed by atoms with van der Waals surface area (Å²) in [7, 11) is -0.926. The summed E-state index contributed by atoms with van der Waals surface area (Å²) in [6, 6.07) is 5.53. The van der Waals surface area contributed by atoms with Crippen molar-refractivity contribution in [1.29, 1.82) is 0 Å². The van der Waals surface area contributed by atoms with Crippen LogP contribution in [0.2, 0.25) is 0 Å². The molecule has 1 unspecified atom stereocenters. The summed E-state index contributed by atoms with van der Waals surface area (Å²) in [5.41, 5.74) is 0.512. The lowest BCUT2D eigenvalue weighted by Crippen LogP contribution is -2.24. The number of rotatable bonds is 5. The van der Waals surface area contributed by atoms with Crippen LogP contribution < -0.4 is 0 Å². The lowest BCUT2D eigenvalue weighted by atomic mass is 10.1. The fourth-order valence-corrected chi connectivity index (χ4v) is 2.47. The van der Waals surface area contributed by atoms with Gasteiger partial charge in [-0.1, -0.05) is 0 Å². The summed E-state index contributed by atoms with van der Waals surface area (Å²) in [5.74, 6) is 0.150. The van der Waals surface area contributed by atoms with Crippen LogP contribution in [0.4, 0.5) is 4.39 Å². The van der Waals surface area contributed by atoms with Crippen LogP contribution in [0.5, 0.6) is 0 Å². The normalized spacial score (nSPS) is 13.3. The van der Waals surface area contributed by atoms with Gasteiger partial charge in [-0.05, 0) is 51.5 Å². The third kappa shape index (κ3) is 4.69. The van der Waals surface area contributed by atoms with Crippen LogP contribution >= 0.6 is 0 Å². The van der Waals surface area contributed by atoms with Crippen molar-refractivity contribution in [1.82, 2.24) is 0 Å². The van der Waals surface area contributed by atoms with E-state index in [9.17, 15) is 13.4 Å². The molecule has 1 aromatic carbocycles. The number of ketones is 1. The van der Waals surface area contributed by atoms with Gasteiger partial charge in [0.25, 0.3) is 0 Å². The summed E-state index contributed by atoms with van der Waals surface area (Å²) < 4.78 is 24.2. The lowest BCUT2D eigenvalue weighted by molar-refractivity contribution is 0.0982. The molecule has 1 aromatic rings. The van der Waals surface area contributed by atoms with Gasteiger partial charge >= 0.3 is 0 Å². The fourth-order valence-electron chi connectivity index (χ4n) is 1.45. The molecule has 0 aliphatic carbocycles. The average Bonchev–Trinajstić information content (AvgIpc) is 2.28. The molecule has 100 valence electrons. The quantitative estimate of drug-likeness (QED) is 0.769. The predicted molar refractivity (Wildman–Crippen MR) is 72.7 cm³/mol. The van der Waals surface area contributed by atoms with E-state index in [4.69, 9.17) is 0 Å². The maximum Gasteiger partial charge on any atom is 0.162 e. The second kappa shape index (κ2) is 6.23. The van der Waals surface area contributed by atoms with E-state index in [1.807, 2.05) is 20.8 Å². The van der Waals surface area contributed by atoms with Gasteiger partial charge in [0.05, 0.1) is 0 Å². The zero-order valence-electron chi connectivity index (χ0n) is 11.0. The molecular formula is C14H19FO2S. The summed E-state index contributed by atoms with van der Waals surface area (Å²) >= 11 is 0. The molecule has 2 nitrogen and oxygen atoms in total. The highest BCUT2D eigenvalue weighted by Crippen LogP contribution is 2.14. The van der Waals surface area contributed by atoms with Crippen LogP contribution in [0, 0.1) is 5.82 Å². The summed E-state index contributed by atoms with van der Waals surface area (Å²) in [5, 5.41) is 0. The first kappa shape index (κ1) is 15.0. The van der Waals surface area contributed by atoms with E-state index in [1.54, 1.807) is 0 Å². The molecule has 0 saturated heterocycles. The van der Waals surface area contributed by atoms with Crippen molar-refractivity contribution in [2.75, 3.05) is 5.75 Å². The molecule has 0 N–H and O–H groups in total. The summed E-state index contributed by atoms with van der Waals surface area (Å²) in [4.78, 5) is 11.8. The SMILES string of the molecule is CC(C)(C)S(=O)CCCC(=O)c1ccc(F)cc1. The highest BCUT2D eigenvalue weighted by molar-refractivity contribution is 7.86. The highest BCUT2D eigenvalue weighted by atomic mass is 32.2. The zero-order chi connectivity index (χ0) is 13.8. The topological polar surface area (TPSA) is 34.1 Å². The summed E-state index contributed by atoms with van der Waals surface area (Å²) in [6.07, 6.45) is 0.952. The molecule has 1 atom stereocenters. The molecule has 0 saturated carbocycles. The Hall–Kier alpha value is -1.03. The van der Waals surface area contributed by atoms with Crippen molar-refractivity contribution in [2.45, 2.75) is 38.4 Å². The fraction of sp³-hybridized carbons (Fsp3) is 0.500.